The van der Waals surface area contributed by atoms with Crippen molar-refractivity contribution in [1.29, 1.82) is 0 Å². The molecule has 0 fully saturated rings. The molecule has 2 nitrogen and oxygen atoms in total. The number of benzene rings is 3. The van der Waals surface area contributed by atoms with E-state index >= 15 is 0 Å². The first kappa shape index (κ1) is 16.3. The highest BCUT2D eigenvalue weighted by Gasteiger charge is 2.27. The molecular weight excluding hydrogens is 396 g/mol. The Balaban J connectivity index is 1.81. The predicted octanol–water partition coefficient (Wildman–Crippen LogP) is 6.90. The highest BCUT2D eigenvalue weighted by atomic mass is 79.9. The van der Waals surface area contributed by atoms with Gasteiger partial charge >= 0.3 is 0 Å². The number of halogens is 1. The summed E-state index contributed by atoms with van der Waals surface area (Å²) >= 11 is 3.63. The van der Waals surface area contributed by atoms with Gasteiger partial charge in [0.1, 0.15) is 0 Å². The Morgan fingerprint density at radius 1 is 0.852 bits per heavy atom. The summed E-state index contributed by atoms with van der Waals surface area (Å²) in [5.74, 6) is 0. The first-order valence-corrected chi connectivity index (χ1v) is 9.76. The third kappa shape index (κ3) is 2.84. The summed E-state index contributed by atoms with van der Waals surface area (Å²) in [7, 11) is 0. The van der Waals surface area contributed by atoms with Gasteiger partial charge < -0.3 is 4.90 Å². The summed E-state index contributed by atoms with van der Waals surface area (Å²) in [6.07, 6.45) is 6.36. The summed E-state index contributed by atoms with van der Waals surface area (Å²) in [6.45, 7) is 0. The van der Waals surface area contributed by atoms with E-state index in [9.17, 15) is 0 Å². The molecule has 5 rings (SSSR count). The van der Waals surface area contributed by atoms with Crippen LogP contribution in [0.15, 0.2) is 95.6 Å². The molecule has 0 aliphatic carbocycles. The van der Waals surface area contributed by atoms with E-state index in [0.29, 0.717) is 0 Å². The van der Waals surface area contributed by atoms with E-state index in [0.717, 1.165) is 26.8 Å². The molecule has 1 aromatic heterocycles. The minimum Gasteiger partial charge on any atom is -0.328 e. The van der Waals surface area contributed by atoms with Gasteiger partial charge in [-0.25, -0.2) is 0 Å². The van der Waals surface area contributed by atoms with E-state index in [1.165, 1.54) is 11.1 Å². The molecular formula is C24H17BrN2. The zero-order valence-corrected chi connectivity index (χ0v) is 16.2. The van der Waals surface area contributed by atoms with E-state index < -0.39 is 0 Å². The molecule has 0 saturated carbocycles. The lowest BCUT2D eigenvalue weighted by Crippen LogP contribution is -2.25. The Morgan fingerprint density at radius 2 is 1.74 bits per heavy atom. The molecule has 0 saturated heterocycles. The number of anilines is 2. The Kier molecular flexibility index (Phi) is 4.02. The molecule has 0 spiro atoms. The minimum absolute atomic E-state index is 0.112. The van der Waals surface area contributed by atoms with Crippen molar-refractivity contribution in [2.75, 3.05) is 4.90 Å². The van der Waals surface area contributed by atoms with Crippen LogP contribution in [0.25, 0.3) is 17.0 Å². The molecule has 3 aromatic carbocycles. The van der Waals surface area contributed by atoms with E-state index in [1.807, 2.05) is 12.3 Å². The first-order valence-electron chi connectivity index (χ1n) is 8.97. The zero-order valence-electron chi connectivity index (χ0n) is 14.6. The highest BCUT2D eigenvalue weighted by molar-refractivity contribution is 9.10. The van der Waals surface area contributed by atoms with Gasteiger partial charge in [0, 0.05) is 27.3 Å². The molecule has 27 heavy (non-hydrogen) atoms. The van der Waals surface area contributed by atoms with Gasteiger partial charge in [-0.15, -0.1) is 0 Å². The van der Waals surface area contributed by atoms with Crippen LogP contribution in [0, 0.1) is 0 Å². The fraction of sp³-hybridized carbons (Fsp3) is 0.0417. The van der Waals surface area contributed by atoms with Crippen molar-refractivity contribution in [2.24, 2.45) is 0 Å². The topological polar surface area (TPSA) is 16.1 Å². The lowest BCUT2D eigenvalue weighted by atomic mass is 9.95. The monoisotopic (exact) mass is 412 g/mol. The minimum atomic E-state index is 0.112. The van der Waals surface area contributed by atoms with Gasteiger partial charge in [-0.1, -0.05) is 82.7 Å². The Labute approximate surface area is 166 Å². The normalized spacial score (nSPS) is 15.7. The maximum Gasteiger partial charge on any atom is 0.0945 e. The molecule has 130 valence electrons. The van der Waals surface area contributed by atoms with Gasteiger partial charge in [0.15, 0.2) is 0 Å². The third-order valence-electron chi connectivity index (χ3n) is 4.98. The summed E-state index contributed by atoms with van der Waals surface area (Å²) < 4.78 is 1.07. The van der Waals surface area contributed by atoms with Crippen molar-refractivity contribution in [3.8, 4) is 0 Å². The molecule has 0 amide bonds. The molecule has 0 radical (unpaired) electrons. The summed E-state index contributed by atoms with van der Waals surface area (Å²) in [4.78, 5) is 7.13. The number of pyridine rings is 1. The van der Waals surface area contributed by atoms with Crippen LogP contribution in [0.4, 0.5) is 11.4 Å². The maximum absolute atomic E-state index is 4.73. The van der Waals surface area contributed by atoms with Crippen LogP contribution in [0.5, 0.6) is 0 Å². The summed E-state index contributed by atoms with van der Waals surface area (Å²) in [5, 5.41) is 1.15. The molecule has 0 bridgehead atoms. The van der Waals surface area contributed by atoms with Gasteiger partial charge in [-0.2, -0.15) is 0 Å². The van der Waals surface area contributed by atoms with Crippen LogP contribution in [-0.2, 0) is 0 Å². The largest absolute Gasteiger partial charge is 0.328 e. The second-order valence-corrected chi connectivity index (χ2v) is 7.56. The van der Waals surface area contributed by atoms with Crippen LogP contribution in [0.2, 0.25) is 0 Å². The van der Waals surface area contributed by atoms with Crippen LogP contribution in [0.1, 0.15) is 17.2 Å². The first-order chi connectivity index (χ1) is 13.3. The smallest absolute Gasteiger partial charge is 0.0945 e. The van der Waals surface area contributed by atoms with Crippen molar-refractivity contribution >= 4 is 44.3 Å². The van der Waals surface area contributed by atoms with Crippen molar-refractivity contribution in [3.05, 3.63) is 107 Å². The van der Waals surface area contributed by atoms with Crippen LogP contribution >= 0.6 is 15.9 Å². The zero-order chi connectivity index (χ0) is 18.2. The predicted molar refractivity (Wildman–Crippen MR) is 116 cm³/mol. The Hall–Kier alpha value is -2.91. The second-order valence-electron chi connectivity index (χ2n) is 6.64. The molecule has 3 heteroatoms. The highest BCUT2D eigenvalue weighted by Crippen LogP contribution is 2.45. The van der Waals surface area contributed by atoms with E-state index in [4.69, 9.17) is 4.98 Å². The second kappa shape index (κ2) is 6.67. The van der Waals surface area contributed by atoms with E-state index in [2.05, 4.69) is 106 Å². The van der Waals surface area contributed by atoms with Gasteiger partial charge in [-0.05, 0) is 29.8 Å². The number of fused-ring (bicyclic) bond motifs is 3. The lowest BCUT2D eigenvalue weighted by Gasteiger charge is -2.36. The van der Waals surface area contributed by atoms with Crippen LogP contribution < -0.4 is 4.90 Å². The SMILES string of the molecule is Brc1cccc(N2c3c(ccc4cccnc34)C=CC2c2ccccc2)c1. The van der Waals surface area contributed by atoms with Crippen molar-refractivity contribution in [2.45, 2.75) is 6.04 Å². The standard InChI is InChI=1S/C24H17BrN2/c25-20-9-4-10-21(16-20)27-22(17-6-2-1-3-7-17)14-13-19-12-11-18-8-5-15-26-23(18)24(19)27/h1-16,22H. The molecule has 1 aliphatic heterocycles. The Bertz CT molecular complexity index is 1150. The van der Waals surface area contributed by atoms with Crippen LogP contribution in [0.3, 0.4) is 0 Å². The van der Waals surface area contributed by atoms with Gasteiger partial charge in [0.25, 0.3) is 0 Å². The van der Waals surface area contributed by atoms with Crippen LogP contribution in [-0.4, -0.2) is 4.98 Å². The number of aromatic nitrogens is 1. The van der Waals surface area contributed by atoms with E-state index in [1.54, 1.807) is 0 Å². The summed E-state index contributed by atoms with van der Waals surface area (Å²) in [6, 6.07) is 27.6. The number of hydrogen-bond donors (Lipinski definition) is 0. The van der Waals surface area contributed by atoms with Gasteiger partial charge in [-0.3, -0.25) is 4.98 Å². The Morgan fingerprint density at radius 3 is 2.59 bits per heavy atom. The van der Waals surface area contributed by atoms with Crippen molar-refractivity contribution < 1.29 is 0 Å². The van der Waals surface area contributed by atoms with Gasteiger partial charge in [0.05, 0.1) is 17.2 Å². The quantitative estimate of drug-likeness (QED) is 0.355. The molecule has 1 unspecified atom stereocenters. The summed E-state index contributed by atoms with van der Waals surface area (Å²) in [5.41, 5.74) is 5.77. The molecule has 1 aliphatic rings. The third-order valence-corrected chi connectivity index (χ3v) is 5.48. The molecule has 0 N–H and O–H groups in total. The fourth-order valence-corrected chi connectivity index (χ4v) is 4.17. The average molecular weight is 413 g/mol. The van der Waals surface area contributed by atoms with Crippen molar-refractivity contribution in [1.82, 2.24) is 4.98 Å². The maximum atomic E-state index is 4.73. The number of nitrogens with zero attached hydrogens (tertiary/aromatic N) is 2. The van der Waals surface area contributed by atoms with Gasteiger partial charge in [0.2, 0.25) is 0 Å². The van der Waals surface area contributed by atoms with E-state index in [-0.39, 0.29) is 6.04 Å². The number of hydrogen-bond acceptors (Lipinski definition) is 2. The molecule has 4 aromatic rings. The molecule has 2 heterocycles. The average Bonchev–Trinajstić information content (AvgIpc) is 2.73. The van der Waals surface area contributed by atoms with Crippen molar-refractivity contribution in [3.63, 3.8) is 0 Å². The number of rotatable bonds is 2. The lowest BCUT2D eigenvalue weighted by molar-refractivity contribution is 0.847. The molecule has 1 atom stereocenters. The fourth-order valence-electron chi connectivity index (χ4n) is 3.78.